The Morgan fingerprint density at radius 3 is 2.54 bits per heavy atom. The van der Waals surface area contributed by atoms with Gasteiger partial charge < -0.3 is 15.4 Å². The van der Waals surface area contributed by atoms with Crippen LogP contribution in [-0.2, 0) is 11.2 Å². The Labute approximate surface area is 185 Å². The van der Waals surface area contributed by atoms with E-state index in [0.717, 1.165) is 44.4 Å². The summed E-state index contributed by atoms with van der Waals surface area (Å²) in [6.45, 7) is 5.24. The van der Waals surface area contributed by atoms with Crippen LogP contribution < -0.4 is 10.6 Å². The van der Waals surface area contributed by atoms with E-state index in [9.17, 15) is 4.39 Å². The Hall–Kier alpha value is -0.930. The van der Waals surface area contributed by atoms with E-state index in [4.69, 9.17) is 4.74 Å². The summed E-state index contributed by atoms with van der Waals surface area (Å²) in [5.41, 5.74) is 0.933. The van der Waals surface area contributed by atoms with Crippen molar-refractivity contribution in [1.29, 1.82) is 0 Å². The van der Waals surface area contributed by atoms with Crippen molar-refractivity contribution in [3.05, 3.63) is 35.6 Å². The van der Waals surface area contributed by atoms with E-state index in [2.05, 4.69) is 20.5 Å². The number of hydrogen-bond acceptors (Lipinski definition) is 3. The zero-order chi connectivity index (χ0) is 19.0. The molecule has 1 saturated heterocycles. The molecule has 2 fully saturated rings. The van der Waals surface area contributed by atoms with Crippen molar-refractivity contribution in [2.75, 3.05) is 46.4 Å². The van der Waals surface area contributed by atoms with E-state index < -0.39 is 0 Å². The monoisotopic (exact) mass is 504 g/mol. The van der Waals surface area contributed by atoms with Gasteiger partial charge in [-0.15, -0.1) is 24.0 Å². The highest BCUT2D eigenvalue weighted by molar-refractivity contribution is 14.0. The molecule has 1 aliphatic carbocycles. The molecule has 2 aliphatic rings. The number of nitrogens with one attached hydrogen (secondary N) is 2. The number of aliphatic imine (C=N–C) groups is 1. The molecule has 0 aromatic heterocycles. The molecule has 1 heterocycles. The predicted molar refractivity (Wildman–Crippen MR) is 123 cm³/mol. The smallest absolute Gasteiger partial charge is 0.191 e. The van der Waals surface area contributed by atoms with Crippen LogP contribution in [0.2, 0.25) is 0 Å². The van der Waals surface area contributed by atoms with Gasteiger partial charge in [0.2, 0.25) is 0 Å². The fourth-order valence-electron chi connectivity index (χ4n) is 4.34. The van der Waals surface area contributed by atoms with Crippen molar-refractivity contribution < 1.29 is 9.13 Å². The summed E-state index contributed by atoms with van der Waals surface area (Å²) in [6, 6.07) is 6.95. The maximum atomic E-state index is 13.8. The van der Waals surface area contributed by atoms with Gasteiger partial charge in [-0.25, -0.2) is 4.39 Å². The first-order valence-electron chi connectivity index (χ1n) is 10.2. The van der Waals surface area contributed by atoms with Crippen LogP contribution in [-0.4, -0.2) is 62.8 Å². The van der Waals surface area contributed by atoms with Crippen molar-refractivity contribution in [2.45, 2.75) is 44.1 Å². The summed E-state index contributed by atoms with van der Waals surface area (Å²) in [6.07, 6.45) is 7.01. The molecule has 28 heavy (non-hydrogen) atoms. The first kappa shape index (κ1) is 23.3. The third kappa shape index (κ3) is 6.29. The fraction of sp³-hybridized carbons (Fsp3) is 0.667. The molecule has 3 rings (SSSR count). The van der Waals surface area contributed by atoms with Crippen LogP contribution in [0.1, 0.15) is 37.7 Å². The largest absolute Gasteiger partial charge is 0.379 e. The van der Waals surface area contributed by atoms with E-state index in [0.29, 0.717) is 13.0 Å². The molecule has 0 atom stereocenters. The molecular weight excluding hydrogens is 470 g/mol. The minimum Gasteiger partial charge on any atom is -0.379 e. The molecule has 0 spiro atoms. The summed E-state index contributed by atoms with van der Waals surface area (Å²) in [5, 5.41) is 6.87. The molecule has 1 aromatic carbocycles. The van der Waals surface area contributed by atoms with Gasteiger partial charge in [0.25, 0.3) is 0 Å². The number of rotatable bonds is 6. The molecule has 0 radical (unpaired) electrons. The van der Waals surface area contributed by atoms with E-state index >= 15 is 0 Å². The lowest BCUT2D eigenvalue weighted by molar-refractivity contribution is -0.0352. The highest BCUT2D eigenvalue weighted by atomic mass is 127. The lowest BCUT2D eigenvalue weighted by Crippen LogP contribution is -2.60. The third-order valence-electron chi connectivity index (χ3n) is 5.92. The van der Waals surface area contributed by atoms with Gasteiger partial charge in [0.05, 0.1) is 13.2 Å². The minimum atomic E-state index is -0.143. The second-order valence-electron chi connectivity index (χ2n) is 7.58. The van der Waals surface area contributed by atoms with Gasteiger partial charge in [0.15, 0.2) is 5.96 Å². The average Bonchev–Trinajstić information content (AvgIpc) is 2.73. The first-order valence-corrected chi connectivity index (χ1v) is 10.2. The SMILES string of the molecule is CN=C(NCCc1ccccc1F)NCC1(N2CCOCC2)CCCCC1.I. The quantitative estimate of drug-likeness (QED) is 0.355. The van der Waals surface area contributed by atoms with E-state index in [1.165, 1.54) is 38.2 Å². The van der Waals surface area contributed by atoms with Crippen molar-refractivity contribution in [3.63, 3.8) is 0 Å². The van der Waals surface area contributed by atoms with Gasteiger partial charge in [-0.2, -0.15) is 0 Å². The van der Waals surface area contributed by atoms with Crippen LogP contribution in [0.3, 0.4) is 0 Å². The number of halogens is 2. The van der Waals surface area contributed by atoms with E-state index in [-0.39, 0.29) is 35.3 Å². The Morgan fingerprint density at radius 1 is 1.14 bits per heavy atom. The molecule has 2 N–H and O–H groups in total. The second-order valence-corrected chi connectivity index (χ2v) is 7.58. The number of benzene rings is 1. The summed E-state index contributed by atoms with van der Waals surface area (Å²) >= 11 is 0. The van der Waals surface area contributed by atoms with Gasteiger partial charge in [-0.1, -0.05) is 37.5 Å². The molecule has 1 saturated carbocycles. The number of guanidine groups is 1. The van der Waals surface area contributed by atoms with Gasteiger partial charge in [0, 0.05) is 38.8 Å². The van der Waals surface area contributed by atoms with Gasteiger partial charge >= 0.3 is 0 Å². The summed E-state index contributed by atoms with van der Waals surface area (Å²) in [5.74, 6) is 0.653. The normalized spacial score (nSPS) is 20.3. The van der Waals surface area contributed by atoms with Gasteiger partial charge in [-0.05, 0) is 30.9 Å². The lowest BCUT2D eigenvalue weighted by Gasteiger charge is -2.48. The molecular formula is C21H34FIN4O. The van der Waals surface area contributed by atoms with Crippen LogP contribution in [0.5, 0.6) is 0 Å². The van der Waals surface area contributed by atoms with Crippen LogP contribution >= 0.6 is 24.0 Å². The van der Waals surface area contributed by atoms with E-state index in [1.807, 2.05) is 12.1 Å². The van der Waals surface area contributed by atoms with Crippen molar-refractivity contribution in [2.24, 2.45) is 4.99 Å². The molecule has 1 aliphatic heterocycles. The highest BCUT2D eigenvalue weighted by Gasteiger charge is 2.38. The Kier molecular flexibility index (Phi) is 9.94. The third-order valence-corrected chi connectivity index (χ3v) is 5.92. The van der Waals surface area contributed by atoms with Crippen molar-refractivity contribution in [3.8, 4) is 0 Å². The second kappa shape index (κ2) is 11.9. The zero-order valence-corrected chi connectivity index (χ0v) is 19.2. The topological polar surface area (TPSA) is 48.9 Å². The molecule has 0 amide bonds. The first-order chi connectivity index (χ1) is 13.2. The zero-order valence-electron chi connectivity index (χ0n) is 16.9. The molecule has 158 valence electrons. The van der Waals surface area contributed by atoms with Crippen LogP contribution in [0.15, 0.2) is 29.3 Å². The predicted octanol–water partition coefficient (Wildman–Crippen LogP) is 3.19. The Morgan fingerprint density at radius 2 is 1.86 bits per heavy atom. The van der Waals surface area contributed by atoms with Crippen molar-refractivity contribution in [1.82, 2.24) is 15.5 Å². The number of nitrogens with zero attached hydrogens (tertiary/aromatic N) is 2. The summed E-state index contributed by atoms with van der Waals surface area (Å²) in [7, 11) is 1.79. The molecule has 1 aromatic rings. The van der Waals surface area contributed by atoms with Gasteiger partial charge in [-0.3, -0.25) is 9.89 Å². The Bertz CT molecular complexity index is 616. The van der Waals surface area contributed by atoms with E-state index in [1.54, 1.807) is 13.1 Å². The summed E-state index contributed by atoms with van der Waals surface area (Å²) in [4.78, 5) is 6.98. The molecule has 5 nitrogen and oxygen atoms in total. The van der Waals surface area contributed by atoms with Crippen molar-refractivity contribution >= 4 is 29.9 Å². The number of morpholine rings is 1. The fourth-order valence-corrected chi connectivity index (χ4v) is 4.34. The maximum Gasteiger partial charge on any atom is 0.191 e. The summed E-state index contributed by atoms with van der Waals surface area (Å²) < 4.78 is 19.3. The standard InChI is InChI=1S/C21H33FN4O.HI/c1-23-20(24-12-9-18-7-3-4-8-19(18)22)25-17-21(10-5-2-6-11-21)26-13-15-27-16-14-26;/h3-4,7-8H,2,5-6,9-17H2,1H3,(H2,23,24,25);1H. The Balaban J connectivity index is 0.00000280. The number of hydrogen-bond donors (Lipinski definition) is 2. The molecule has 7 heteroatoms. The number of ether oxygens (including phenoxy) is 1. The minimum absolute atomic E-state index is 0. The molecule has 0 bridgehead atoms. The van der Waals surface area contributed by atoms with Crippen LogP contribution in [0.4, 0.5) is 4.39 Å². The van der Waals surface area contributed by atoms with Crippen LogP contribution in [0, 0.1) is 5.82 Å². The highest BCUT2D eigenvalue weighted by Crippen LogP contribution is 2.33. The molecule has 0 unspecified atom stereocenters. The lowest BCUT2D eigenvalue weighted by atomic mass is 9.80. The van der Waals surface area contributed by atoms with Crippen LogP contribution in [0.25, 0.3) is 0 Å². The average molecular weight is 504 g/mol. The van der Waals surface area contributed by atoms with Gasteiger partial charge in [0.1, 0.15) is 5.82 Å². The maximum absolute atomic E-state index is 13.8.